The van der Waals surface area contributed by atoms with Crippen LogP contribution in [0.2, 0.25) is 0 Å². The topological polar surface area (TPSA) is 35.8 Å². The average molecular weight is 244 g/mol. The molecule has 1 aromatic rings. The van der Waals surface area contributed by atoms with Crippen molar-refractivity contribution in [2.45, 2.75) is 46.6 Å². The molecule has 18 heavy (non-hydrogen) atoms. The number of benzene rings is 1. The molecule has 0 spiro atoms. The maximum absolute atomic E-state index is 8.75. The number of nitrogens with one attached hydrogen (secondary N) is 1. The molecule has 1 unspecified atom stereocenters. The van der Waals surface area contributed by atoms with Crippen molar-refractivity contribution in [2.24, 2.45) is 5.41 Å². The van der Waals surface area contributed by atoms with E-state index < -0.39 is 0 Å². The molecule has 98 valence electrons. The molecular weight excluding hydrogens is 220 g/mol. The largest absolute Gasteiger partial charge is 0.310 e. The molecule has 2 heteroatoms. The predicted molar refractivity (Wildman–Crippen MR) is 76.3 cm³/mol. The third-order valence-corrected chi connectivity index (χ3v) is 3.09. The van der Waals surface area contributed by atoms with Gasteiger partial charge in [-0.1, -0.05) is 32.9 Å². The fourth-order valence-corrected chi connectivity index (χ4v) is 1.90. The molecule has 1 rings (SSSR count). The van der Waals surface area contributed by atoms with E-state index in [-0.39, 0.29) is 0 Å². The Labute approximate surface area is 111 Å². The quantitative estimate of drug-likeness (QED) is 0.794. The monoisotopic (exact) mass is 244 g/mol. The number of hydrogen-bond acceptors (Lipinski definition) is 2. The van der Waals surface area contributed by atoms with Crippen LogP contribution in [0.5, 0.6) is 0 Å². The minimum absolute atomic E-state index is 0.345. The zero-order chi connectivity index (χ0) is 13.6. The number of nitrogens with zero attached hydrogens (tertiary/aromatic N) is 1. The Morgan fingerprint density at radius 3 is 2.33 bits per heavy atom. The number of rotatable bonds is 5. The molecule has 0 aromatic heterocycles. The van der Waals surface area contributed by atoms with E-state index in [1.165, 1.54) is 18.4 Å². The maximum Gasteiger partial charge on any atom is 0.0991 e. The molecule has 0 saturated heterocycles. The Hall–Kier alpha value is -1.33. The van der Waals surface area contributed by atoms with E-state index in [1.807, 2.05) is 24.3 Å². The molecule has 0 aliphatic carbocycles. The van der Waals surface area contributed by atoms with Crippen molar-refractivity contribution < 1.29 is 0 Å². The summed E-state index contributed by atoms with van der Waals surface area (Å²) in [4.78, 5) is 0. The van der Waals surface area contributed by atoms with Crippen LogP contribution in [0.1, 0.15) is 57.7 Å². The summed E-state index contributed by atoms with van der Waals surface area (Å²) < 4.78 is 0. The van der Waals surface area contributed by atoms with Crippen molar-refractivity contribution in [2.75, 3.05) is 6.54 Å². The molecule has 1 aromatic carbocycles. The number of hydrogen-bond donors (Lipinski definition) is 1. The van der Waals surface area contributed by atoms with Crippen molar-refractivity contribution in [1.29, 1.82) is 5.26 Å². The third-order valence-electron chi connectivity index (χ3n) is 3.09. The van der Waals surface area contributed by atoms with Gasteiger partial charge in [-0.25, -0.2) is 0 Å². The van der Waals surface area contributed by atoms with Crippen molar-refractivity contribution in [3.05, 3.63) is 35.4 Å². The molecule has 0 aliphatic rings. The Kier molecular flexibility index (Phi) is 5.37. The minimum Gasteiger partial charge on any atom is -0.310 e. The highest BCUT2D eigenvalue weighted by molar-refractivity contribution is 5.32. The molecular formula is C16H24N2. The van der Waals surface area contributed by atoms with Crippen molar-refractivity contribution in [3.8, 4) is 6.07 Å². The van der Waals surface area contributed by atoms with Gasteiger partial charge in [-0.05, 0) is 49.4 Å². The van der Waals surface area contributed by atoms with Crippen LogP contribution in [0.15, 0.2) is 24.3 Å². The first-order chi connectivity index (χ1) is 8.42. The second-order valence-corrected chi connectivity index (χ2v) is 6.07. The SMILES string of the molecule is CC(NCCCC(C)(C)C)c1ccc(C#N)cc1. The zero-order valence-electron chi connectivity index (χ0n) is 12.0. The molecule has 0 heterocycles. The lowest BCUT2D eigenvalue weighted by atomic mass is 9.90. The second-order valence-electron chi connectivity index (χ2n) is 6.07. The molecule has 0 radical (unpaired) electrons. The van der Waals surface area contributed by atoms with Gasteiger partial charge >= 0.3 is 0 Å². The van der Waals surface area contributed by atoms with Crippen LogP contribution in [0, 0.1) is 16.7 Å². The van der Waals surface area contributed by atoms with Gasteiger partial charge in [0.15, 0.2) is 0 Å². The first-order valence-corrected chi connectivity index (χ1v) is 6.66. The van der Waals surface area contributed by atoms with E-state index >= 15 is 0 Å². The Bertz CT molecular complexity index is 393. The summed E-state index contributed by atoms with van der Waals surface area (Å²) in [5.74, 6) is 0. The van der Waals surface area contributed by atoms with Gasteiger partial charge in [0.05, 0.1) is 11.6 Å². The summed E-state index contributed by atoms with van der Waals surface area (Å²) in [7, 11) is 0. The summed E-state index contributed by atoms with van der Waals surface area (Å²) >= 11 is 0. The molecule has 1 N–H and O–H groups in total. The minimum atomic E-state index is 0.345. The fourth-order valence-electron chi connectivity index (χ4n) is 1.90. The van der Waals surface area contributed by atoms with E-state index in [0.29, 0.717) is 11.5 Å². The van der Waals surface area contributed by atoms with Crippen molar-refractivity contribution >= 4 is 0 Å². The summed E-state index contributed by atoms with van der Waals surface area (Å²) in [6.07, 6.45) is 2.43. The van der Waals surface area contributed by atoms with E-state index in [0.717, 1.165) is 12.1 Å². The van der Waals surface area contributed by atoms with E-state index in [2.05, 4.69) is 39.1 Å². The molecule has 0 fully saturated rings. The molecule has 0 bridgehead atoms. The normalized spacial score (nSPS) is 13.1. The Balaban J connectivity index is 2.36. The van der Waals surface area contributed by atoms with E-state index in [9.17, 15) is 0 Å². The Morgan fingerprint density at radius 2 is 1.83 bits per heavy atom. The number of nitriles is 1. The standard InChI is InChI=1S/C16H24N2/c1-13(18-11-5-10-16(2,3)4)15-8-6-14(12-17)7-9-15/h6-9,13,18H,5,10-11H2,1-4H3. The highest BCUT2D eigenvalue weighted by Crippen LogP contribution is 2.20. The highest BCUT2D eigenvalue weighted by Gasteiger charge is 2.10. The van der Waals surface area contributed by atoms with Gasteiger partial charge in [0.2, 0.25) is 0 Å². The molecule has 0 aliphatic heterocycles. The van der Waals surface area contributed by atoms with Gasteiger partial charge in [0.1, 0.15) is 0 Å². The lowest BCUT2D eigenvalue weighted by molar-refractivity contribution is 0.357. The van der Waals surface area contributed by atoms with Gasteiger partial charge < -0.3 is 5.32 Å². The molecule has 2 nitrogen and oxygen atoms in total. The second kappa shape index (κ2) is 6.56. The lowest BCUT2D eigenvalue weighted by Crippen LogP contribution is -2.21. The van der Waals surface area contributed by atoms with Crippen LogP contribution < -0.4 is 5.32 Å². The van der Waals surface area contributed by atoms with E-state index in [4.69, 9.17) is 5.26 Å². The lowest BCUT2D eigenvalue weighted by Gasteiger charge is -2.19. The van der Waals surface area contributed by atoms with Gasteiger partial charge in [-0.2, -0.15) is 5.26 Å². The molecule has 0 saturated carbocycles. The van der Waals surface area contributed by atoms with Gasteiger partial charge in [0, 0.05) is 6.04 Å². The van der Waals surface area contributed by atoms with Crippen LogP contribution in [0.4, 0.5) is 0 Å². The van der Waals surface area contributed by atoms with Crippen LogP contribution in [-0.2, 0) is 0 Å². The summed E-state index contributed by atoms with van der Waals surface area (Å²) in [6.45, 7) is 10.0. The van der Waals surface area contributed by atoms with E-state index in [1.54, 1.807) is 0 Å². The molecule has 0 amide bonds. The van der Waals surface area contributed by atoms with Gasteiger partial charge in [-0.15, -0.1) is 0 Å². The van der Waals surface area contributed by atoms with Crippen LogP contribution in [0.3, 0.4) is 0 Å². The first kappa shape index (κ1) is 14.7. The summed E-state index contributed by atoms with van der Waals surface area (Å²) in [6, 6.07) is 10.3. The molecule has 1 atom stereocenters. The first-order valence-electron chi connectivity index (χ1n) is 6.66. The zero-order valence-corrected chi connectivity index (χ0v) is 12.0. The van der Waals surface area contributed by atoms with Crippen LogP contribution >= 0.6 is 0 Å². The van der Waals surface area contributed by atoms with Crippen molar-refractivity contribution in [3.63, 3.8) is 0 Å². The summed E-state index contributed by atoms with van der Waals surface area (Å²) in [5, 5.41) is 12.3. The highest BCUT2D eigenvalue weighted by atomic mass is 14.9. The van der Waals surface area contributed by atoms with Gasteiger partial charge in [-0.3, -0.25) is 0 Å². The van der Waals surface area contributed by atoms with Crippen molar-refractivity contribution in [1.82, 2.24) is 5.32 Å². The smallest absolute Gasteiger partial charge is 0.0991 e. The van der Waals surface area contributed by atoms with Crippen LogP contribution in [0.25, 0.3) is 0 Å². The Morgan fingerprint density at radius 1 is 1.22 bits per heavy atom. The van der Waals surface area contributed by atoms with Gasteiger partial charge in [0.25, 0.3) is 0 Å². The maximum atomic E-state index is 8.75. The predicted octanol–water partition coefficient (Wildman–Crippen LogP) is 4.04. The summed E-state index contributed by atoms with van der Waals surface area (Å²) in [5.41, 5.74) is 2.38. The van der Waals surface area contributed by atoms with Crippen LogP contribution in [-0.4, -0.2) is 6.54 Å². The fraction of sp³-hybridized carbons (Fsp3) is 0.562. The average Bonchev–Trinajstić information content (AvgIpc) is 2.33. The third kappa shape index (κ3) is 5.33.